The number of anilines is 3. The Morgan fingerprint density at radius 2 is 0.800 bits per heavy atom. The molecule has 0 fully saturated rings. The maximum atomic E-state index is 2.48. The summed E-state index contributed by atoms with van der Waals surface area (Å²) in [7, 11) is 0. The SMILES string of the molecule is c1ccc(-c2ccccc2-c2ccc(N(c3ccccc3)c3ccc4c5ccccc5n(-c5cc6ccccc6cc5-c5ccccc5)c4c3)c(-c3ccccc3)c2)cc1. The smallest absolute Gasteiger partial charge is 0.0562 e. The molecule has 11 aromatic rings. The number of benzene rings is 10. The average Bonchev–Trinajstić information content (AvgIpc) is 3.66. The highest BCUT2D eigenvalue weighted by molar-refractivity contribution is 6.11. The number of nitrogens with zero attached hydrogens (tertiary/aromatic N) is 2. The fourth-order valence-electron chi connectivity index (χ4n) is 8.98. The van der Waals surface area contributed by atoms with E-state index in [0.717, 1.165) is 39.4 Å². The minimum Gasteiger partial charge on any atom is -0.310 e. The molecular weight excluding hydrogens is 725 g/mol. The molecule has 0 bridgehead atoms. The lowest BCUT2D eigenvalue weighted by atomic mass is 9.91. The van der Waals surface area contributed by atoms with Gasteiger partial charge in [0.1, 0.15) is 0 Å². The van der Waals surface area contributed by atoms with Gasteiger partial charge in [-0.2, -0.15) is 0 Å². The highest BCUT2D eigenvalue weighted by Gasteiger charge is 2.22. The monoisotopic (exact) mass is 764 g/mol. The van der Waals surface area contributed by atoms with E-state index in [-0.39, 0.29) is 0 Å². The van der Waals surface area contributed by atoms with Gasteiger partial charge in [-0.1, -0.05) is 188 Å². The van der Waals surface area contributed by atoms with E-state index >= 15 is 0 Å². The van der Waals surface area contributed by atoms with Gasteiger partial charge in [0, 0.05) is 33.3 Å². The molecule has 60 heavy (non-hydrogen) atoms. The molecule has 1 heterocycles. The molecule has 10 aromatic carbocycles. The Kier molecular flexibility index (Phi) is 8.87. The molecule has 0 aliphatic carbocycles. The van der Waals surface area contributed by atoms with Crippen molar-refractivity contribution in [2.45, 2.75) is 0 Å². The zero-order valence-corrected chi connectivity index (χ0v) is 33.0. The van der Waals surface area contributed by atoms with Crippen LogP contribution in [0, 0.1) is 0 Å². The van der Waals surface area contributed by atoms with E-state index in [1.165, 1.54) is 60.4 Å². The first-order valence-electron chi connectivity index (χ1n) is 20.6. The summed E-state index contributed by atoms with van der Waals surface area (Å²) in [5.74, 6) is 0. The lowest BCUT2D eigenvalue weighted by molar-refractivity contribution is 1.18. The fraction of sp³-hybridized carbons (Fsp3) is 0. The summed E-state index contributed by atoms with van der Waals surface area (Å²) < 4.78 is 2.48. The highest BCUT2D eigenvalue weighted by Crippen LogP contribution is 2.46. The van der Waals surface area contributed by atoms with Crippen LogP contribution in [0.2, 0.25) is 0 Å². The summed E-state index contributed by atoms with van der Waals surface area (Å²) in [6.07, 6.45) is 0. The third kappa shape index (κ3) is 6.23. The zero-order chi connectivity index (χ0) is 39.8. The minimum atomic E-state index is 1.08. The predicted molar refractivity (Wildman–Crippen MR) is 255 cm³/mol. The van der Waals surface area contributed by atoms with Crippen molar-refractivity contribution in [2.75, 3.05) is 4.90 Å². The molecule has 2 nitrogen and oxygen atoms in total. The van der Waals surface area contributed by atoms with Crippen LogP contribution in [-0.4, -0.2) is 4.57 Å². The lowest BCUT2D eigenvalue weighted by Gasteiger charge is -2.29. The molecule has 282 valence electrons. The van der Waals surface area contributed by atoms with Gasteiger partial charge in [-0.25, -0.2) is 0 Å². The van der Waals surface area contributed by atoms with Crippen molar-refractivity contribution in [2.24, 2.45) is 0 Å². The number of rotatable bonds is 8. The average molecular weight is 765 g/mol. The van der Waals surface area contributed by atoms with Gasteiger partial charge >= 0.3 is 0 Å². The second-order valence-electron chi connectivity index (χ2n) is 15.3. The largest absolute Gasteiger partial charge is 0.310 e. The summed E-state index contributed by atoms with van der Waals surface area (Å²) in [5, 5.41) is 4.87. The molecule has 0 amide bonds. The van der Waals surface area contributed by atoms with E-state index in [4.69, 9.17) is 0 Å². The molecule has 0 saturated heterocycles. The van der Waals surface area contributed by atoms with Crippen molar-refractivity contribution in [3.8, 4) is 50.2 Å². The Hall–Kier alpha value is -7.94. The molecule has 0 spiro atoms. The molecule has 0 atom stereocenters. The van der Waals surface area contributed by atoms with E-state index in [0.29, 0.717) is 0 Å². The normalized spacial score (nSPS) is 11.3. The highest BCUT2D eigenvalue weighted by atomic mass is 15.1. The second-order valence-corrected chi connectivity index (χ2v) is 15.3. The van der Waals surface area contributed by atoms with Crippen molar-refractivity contribution >= 4 is 49.6 Å². The summed E-state index contributed by atoms with van der Waals surface area (Å²) >= 11 is 0. The van der Waals surface area contributed by atoms with E-state index in [9.17, 15) is 0 Å². The molecule has 2 heteroatoms. The van der Waals surface area contributed by atoms with Crippen molar-refractivity contribution in [1.82, 2.24) is 4.57 Å². The summed E-state index contributed by atoms with van der Waals surface area (Å²) in [6.45, 7) is 0. The Labute approximate surface area is 350 Å². The number of fused-ring (bicyclic) bond motifs is 4. The summed E-state index contributed by atoms with van der Waals surface area (Å²) in [6, 6.07) is 88.0. The number of hydrogen-bond donors (Lipinski definition) is 0. The van der Waals surface area contributed by atoms with Gasteiger partial charge in [-0.05, 0) is 98.8 Å². The molecule has 0 aliphatic rings. The number of hydrogen-bond acceptors (Lipinski definition) is 1. The van der Waals surface area contributed by atoms with E-state index in [2.05, 4.69) is 252 Å². The van der Waals surface area contributed by atoms with Gasteiger partial charge in [0.2, 0.25) is 0 Å². The van der Waals surface area contributed by atoms with Crippen LogP contribution in [0.4, 0.5) is 17.1 Å². The first kappa shape index (κ1) is 35.2. The maximum absolute atomic E-state index is 2.48. The van der Waals surface area contributed by atoms with Crippen LogP contribution >= 0.6 is 0 Å². The van der Waals surface area contributed by atoms with Crippen LogP contribution in [0.15, 0.2) is 243 Å². The third-order valence-corrected chi connectivity index (χ3v) is 11.8. The predicted octanol–water partition coefficient (Wildman–Crippen LogP) is 16.1. The van der Waals surface area contributed by atoms with Gasteiger partial charge < -0.3 is 9.47 Å². The Balaban J connectivity index is 1.17. The molecule has 1 aromatic heterocycles. The third-order valence-electron chi connectivity index (χ3n) is 11.8. The van der Waals surface area contributed by atoms with Crippen LogP contribution in [-0.2, 0) is 0 Å². The van der Waals surface area contributed by atoms with E-state index in [1.54, 1.807) is 0 Å². The molecule has 0 radical (unpaired) electrons. The maximum Gasteiger partial charge on any atom is 0.0562 e. The van der Waals surface area contributed by atoms with Crippen molar-refractivity contribution in [3.05, 3.63) is 243 Å². The quantitative estimate of drug-likeness (QED) is 0.150. The standard InChI is InChI=1S/C58H40N2/c1-5-19-41(20-6-1)49-29-15-16-30-50(49)46-33-36-56(53(38-46)42-21-7-2-8-22-42)59(47-27-11-4-12-28-47)48-34-35-52-51-31-17-18-32-55(51)60(58(52)40-48)57-39-45-26-14-13-25-44(45)37-54(57)43-23-9-3-10-24-43/h1-40H. The van der Waals surface area contributed by atoms with Gasteiger partial charge in [0.25, 0.3) is 0 Å². The molecular formula is C58H40N2. The van der Waals surface area contributed by atoms with Gasteiger partial charge in [0.15, 0.2) is 0 Å². The Morgan fingerprint density at radius 3 is 1.48 bits per heavy atom. The fourth-order valence-corrected chi connectivity index (χ4v) is 8.98. The van der Waals surface area contributed by atoms with Crippen molar-refractivity contribution < 1.29 is 0 Å². The first-order chi connectivity index (χ1) is 29.8. The lowest BCUT2D eigenvalue weighted by Crippen LogP contribution is -2.11. The molecule has 0 aliphatic heterocycles. The van der Waals surface area contributed by atoms with E-state index in [1.807, 2.05) is 0 Å². The van der Waals surface area contributed by atoms with Crippen LogP contribution in [0.25, 0.3) is 82.8 Å². The summed E-state index contributed by atoms with van der Waals surface area (Å²) in [5.41, 5.74) is 16.2. The van der Waals surface area contributed by atoms with Crippen LogP contribution in [0.5, 0.6) is 0 Å². The molecule has 0 N–H and O–H groups in total. The molecule has 0 saturated carbocycles. The van der Waals surface area contributed by atoms with Gasteiger partial charge in [0.05, 0.1) is 22.4 Å². The molecule has 0 unspecified atom stereocenters. The minimum absolute atomic E-state index is 1.08. The zero-order valence-electron chi connectivity index (χ0n) is 33.0. The van der Waals surface area contributed by atoms with Crippen LogP contribution in [0.3, 0.4) is 0 Å². The Bertz CT molecular complexity index is 3300. The summed E-state index contributed by atoms with van der Waals surface area (Å²) in [4.78, 5) is 2.43. The number of para-hydroxylation sites is 2. The van der Waals surface area contributed by atoms with Gasteiger partial charge in [-0.3, -0.25) is 0 Å². The van der Waals surface area contributed by atoms with Crippen molar-refractivity contribution in [3.63, 3.8) is 0 Å². The van der Waals surface area contributed by atoms with Crippen molar-refractivity contribution in [1.29, 1.82) is 0 Å². The van der Waals surface area contributed by atoms with E-state index < -0.39 is 0 Å². The molecule has 11 rings (SSSR count). The van der Waals surface area contributed by atoms with Crippen LogP contribution in [0.1, 0.15) is 0 Å². The van der Waals surface area contributed by atoms with Crippen LogP contribution < -0.4 is 4.90 Å². The number of aromatic nitrogens is 1. The first-order valence-corrected chi connectivity index (χ1v) is 20.6. The topological polar surface area (TPSA) is 8.17 Å². The van der Waals surface area contributed by atoms with Gasteiger partial charge in [-0.15, -0.1) is 0 Å². The second kappa shape index (κ2) is 15.1. The Morgan fingerprint density at radius 1 is 0.283 bits per heavy atom.